The van der Waals surface area contributed by atoms with Crippen molar-refractivity contribution >= 4 is 17.4 Å². The minimum Gasteiger partial charge on any atom is -0.508 e. The topological polar surface area (TPSA) is 100 Å². The lowest BCUT2D eigenvalue weighted by atomic mass is 9.94. The molecule has 1 amide bonds. The molecule has 0 spiro atoms. The van der Waals surface area contributed by atoms with Crippen molar-refractivity contribution in [3.05, 3.63) is 88.9 Å². The van der Waals surface area contributed by atoms with Gasteiger partial charge in [0.05, 0.1) is 24.4 Å². The molecular weight excluding hydrogens is 410 g/mol. The number of hydrogen-bond acceptors (Lipinski definition) is 6. The van der Waals surface area contributed by atoms with Crippen LogP contribution in [0, 0.1) is 0 Å². The van der Waals surface area contributed by atoms with Crippen LogP contribution in [0.5, 0.6) is 11.5 Å². The Hall–Kier alpha value is -4.00. The second-order valence-corrected chi connectivity index (χ2v) is 8.05. The van der Waals surface area contributed by atoms with Gasteiger partial charge in [0.1, 0.15) is 29.1 Å². The molecule has 7 heteroatoms. The number of carbonyl (C=O) groups excluding carboxylic acids is 2. The average Bonchev–Trinajstić information content (AvgIpc) is 3.48. The van der Waals surface area contributed by atoms with Crippen molar-refractivity contribution in [2.24, 2.45) is 0 Å². The molecule has 0 aliphatic carbocycles. The van der Waals surface area contributed by atoms with Gasteiger partial charge in [-0.1, -0.05) is 12.1 Å². The number of ether oxygens (including phenoxy) is 1. The number of benzene rings is 2. The molecule has 162 valence electrons. The summed E-state index contributed by atoms with van der Waals surface area (Å²) >= 11 is 0. The van der Waals surface area contributed by atoms with Crippen LogP contribution in [0.4, 0.5) is 0 Å². The van der Waals surface area contributed by atoms with E-state index in [-0.39, 0.29) is 29.7 Å². The number of nitrogens with zero attached hydrogens (tertiary/aromatic N) is 1. The molecule has 3 aromatic rings. The summed E-state index contributed by atoms with van der Waals surface area (Å²) in [6.07, 6.45) is 2.23. The fourth-order valence-corrected chi connectivity index (χ4v) is 4.34. The molecule has 1 aromatic heterocycles. The highest BCUT2D eigenvalue weighted by atomic mass is 16.5. The van der Waals surface area contributed by atoms with Gasteiger partial charge in [0.2, 0.25) is 0 Å². The van der Waals surface area contributed by atoms with Crippen molar-refractivity contribution in [1.29, 1.82) is 0 Å². The zero-order valence-electron chi connectivity index (χ0n) is 17.3. The predicted molar refractivity (Wildman–Crippen MR) is 115 cm³/mol. The largest absolute Gasteiger partial charge is 0.508 e. The van der Waals surface area contributed by atoms with Gasteiger partial charge in [0, 0.05) is 12.0 Å². The van der Waals surface area contributed by atoms with Crippen LogP contribution in [0.25, 0.3) is 5.76 Å². The normalized spacial score (nSPS) is 21.6. The summed E-state index contributed by atoms with van der Waals surface area (Å²) in [6, 6.07) is 14.1. The van der Waals surface area contributed by atoms with Gasteiger partial charge < -0.3 is 24.3 Å². The van der Waals surface area contributed by atoms with E-state index in [2.05, 4.69) is 0 Å². The van der Waals surface area contributed by atoms with Gasteiger partial charge in [-0.05, 0) is 60.5 Å². The van der Waals surface area contributed by atoms with Crippen LogP contribution in [0.1, 0.15) is 35.4 Å². The molecule has 2 N–H and O–H groups in total. The number of rotatable bonds is 4. The molecule has 1 fully saturated rings. The molecule has 0 radical (unpaired) electrons. The number of hydrogen-bond donors (Lipinski definition) is 2. The predicted octanol–water partition coefficient (Wildman–Crippen LogP) is 3.93. The van der Waals surface area contributed by atoms with Crippen LogP contribution in [0.2, 0.25) is 0 Å². The highest BCUT2D eigenvalue weighted by Crippen LogP contribution is 2.41. The van der Waals surface area contributed by atoms with E-state index >= 15 is 0 Å². The smallest absolute Gasteiger partial charge is 0.296 e. The van der Waals surface area contributed by atoms with Crippen LogP contribution < -0.4 is 4.74 Å². The molecule has 0 bridgehead atoms. The summed E-state index contributed by atoms with van der Waals surface area (Å²) in [5.74, 6) is -0.409. The Labute approximate surface area is 184 Å². The molecule has 3 heterocycles. The molecule has 2 aliphatic rings. The highest BCUT2D eigenvalue weighted by Gasteiger charge is 2.46. The summed E-state index contributed by atoms with van der Waals surface area (Å²) in [7, 11) is 0. The Morgan fingerprint density at radius 2 is 1.91 bits per heavy atom. The summed E-state index contributed by atoms with van der Waals surface area (Å²) < 4.78 is 11.1. The summed E-state index contributed by atoms with van der Waals surface area (Å²) in [6.45, 7) is 2.03. The fourth-order valence-electron chi connectivity index (χ4n) is 4.34. The fraction of sp³-hybridized carbons (Fsp3) is 0.200. The molecule has 7 nitrogen and oxygen atoms in total. The maximum absolute atomic E-state index is 13.1. The van der Waals surface area contributed by atoms with Crippen LogP contribution >= 0.6 is 0 Å². The number of carbonyl (C=O) groups is 2. The number of Topliss-reactive ketones (excluding diaryl/α,β-unsaturated/α-hetero) is 1. The lowest BCUT2D eigenvalue weighted by Crippen LogP contribution is -2.29. The first-order valence-corrected chi connectivity index (χ1v) is 10.3. The Bertz CT molecular complexity index is 1230. The first kappa shape index (κ1) is 19.9. The number of ketones is 1. The number of fused-ring (bicyclic) bond motifs is 1. The van der Waals surface area contributed by atoms with Crippen LogP contribution in [0.3, 0.4) is 0 Å². The van der Waals surface area contributed by atoms with Crippen molar-refractivity contribution in [3.8, 4) is 11.5 Å². The highest BCUT2D eigenvalue weighted by molar-refractivity contribution is 6.46. The van der Waals surface area contributed by atoms with Gasteiger partial charge in [-0.2, -0.15) is 0 Å². The van der Waals surface area contributed by atoms with Crippen LogP contribution in [-0.4, -0.2) is 32.9 Å². The zero-order valence-corrected chi connectivity index (χ0v) is 17.3. The van der Waals surface area contributed by atoms with Crippen molar-refractivity contribution in [2.45, 2.75) is 32.0 Å². The number of phenols is 1. The molecule has 5 rings (SSSR count). The quantitative estimate of drug-likeness (QED) is 0.369. The maximum Gasteiger partial charge on any atom is 0.296 e. The minimum atomic E-state index is -0.830. The van der Waals surface area contributed by atoms with E-state index in [1.807, 2.05) is 6.92 Å². The van der Waals surface area contributed by atoms with Gasteiger partial charge in [0.25, 0.3) is 11.7 Å². The monoisotopic (exact) mass is 431 g/mol. The SMILES string of the molecule is CC1Cc2cc(/C(O)=C3\C(=O)C(=O)N(Cc4ccco4)C3c3ccc(O)cc3)ccc2O1. The zero-order chi connectivity index (χ0) is 22.4. The second-order valence-electron chi connectivity index (χ2n) is 8.05. The Kier molecular flexibility index (Phi) is 4.74. The molecular formula is C25H21NO6. The van der Waals surface area contributed by atoms with Crippen molar-refractivity contribution in [2.75, 3.05) is 0 Å². The van der Waals surface area contributed by atoms with Gasteiger partial charge in [-0.25, -0.2) is 0 Å². The van der Waals surface area contributed by atoms with Crippen molar-refractivity contribution < 1.29 is 29.0 Å². The Morgan fingerprint density at radius 1 is 1.12 bits per heavy atom. The van der Waals surface area contributed by atoms with E-state index < -0.39 is 17.7 Å². The number of likely N-dealkylation sites (tertiary alicyclic amines) is 1. The minimum absolute atomic E-state index is 0.000778. The van der Waals surface area contributed by atoms with E-state index in [0.717, 1.165) is 11.3 Å². The first-order chi connectivity index (χ1) is 15.4. The third kappa shape index (κ3) is 3.32. The number of phenolic OH excluding ortho intramolecular Hbond substituents is 1. The number of furan rings is 1. The molecule has 2 atom stereocenters. The second kappa shape index (κ2) is 7.60. The van der Waals surface area contributed by atoms with Crippen LogP contribution in [0.15, 0.2) is 70.9 Å². The van der Waals surface area contributed by atoms with Crippen LogP contribution in [-0.2, 0) is 22.6 Å². The Morgan fingerprint density at radius 3 is 2.62 bits per heavy atom. The third-order valence-electron chi connectivity index (χ3n) is 5.82. The summed E-state index contributed by atoms with van der Waals surface area (Å²) in [4.78, 5) is 27.4. The average molecular weight is 431 g/mol. The van der Waals surface area contributed by atoms with Gasteiger partial charge in [-0.15, -0.1) is 0 Å². The number of aliphatic hydroxyl groups is 1. The molecule has 2 aliphatic heterocycles. The number of amides is 1. The molecule has 2 aromatic carbocycles. The maximum atomic E-state index is 13.1. The number of aliphatic hydroxyl groups excluding tert-OH is 1. The van der Waals surface area contributed by atoms with E-state index in [9.17, 15) is 19.8 Å². The van der Waals surface area contributed by atoms with Crippen molar-refractivity contribution in [3.63, 3.8) is 0 Å². The lowest BCUT2D eigenvalue weighted by Gasteiger charge is -2.24. The van der Waals surface area contributed by atoms with Crippen molar-refractivity contribution in [1.82, 2.24) is 4.90 Å². The van der Waals surface area contributed by atoms with E-state index in [1.54, 1.807) is 42.5 Å². The molecule has 1 saturated heterocycles. The van der Waals surface area contributed by atoms with Gasteiger partial charge in [-0.3, -0.25) is 9.59 Å². The van der Waals surface area contributed by atoms with E-state index in [0.29, 0.717) is 23.3 Å². The van der Waals surface area contributed by atoms with Gasteiger partial charge >= 0.3 is 0 Å². The summed E-state index contributed by atoms with van der Waals surface area (Å²) in [5, 5.41) is 20.9. The van der Waals surface area contributed by atoms with E-state index in [1.165, 1.54) is 23.3 Å². The van der Waals surface area contributed by atoms with E-state index in [4.69, 9.17) is 9.15 Å². The lowest BCUT2D eigenvalue weighted by molar-refractivity contribution is -0.140. The Balaban J connectivity index is 1.63. The molecule has 32 heavy (non-hydrogen) atoms. The summed E-state index contributed by atoms with van der Waals surface area (Å²) in [5.41, 5.74) is 1.97. The standard InChI is InChI=1S/C25H21NO6/c1-14-11-17-12-16(6-9-20(17)32-14)23(28)21-22(15-4-7-18(27)8-5-15)26(25(30)24(21)29)13-19-3-2-10-31-19/h2-10,12,14,22,27-28H,11,13H2,1H3/b23-21+. The number of aromatic hydroxyl groups is 1. The molecule has 0 saturated carbocycles. The molecule has 2 unspecified atom stereocenters. The third-order valence-corrected chi connectivity index (χ3v) is 5.82. The first-order valence-electron chi connectivity index (χ1n) is 10.3. The van der Waals surface area contributed by atoms with Gasteiger partial charge in [0.15, 0.2) is 0 Å².